The Labute approximate surface area is 97.1 Å². The summed E-state index contributed by atoms with van der Waals surface area (Å²) in [4.78, 5) is 15.0. The summed E-state index contributed by atoms with van der Waals surface area (Å²) in [7, 11) is 0. The quantitative estimate of drug-likeness (QED) is 0.780. The Morgan fingerprint density at radius 3 is 2.59 bits per heavy atom. The van der Waals surface area contributed by atoms with Crippen LogP contribution in [0.15, 0.2) is 16.7 Å². The Balaban J connectivity index is 2.34. The van der Waals surface area contributed by atoms with E-state index >= 15 is 0 Å². The standard InChI is InChI=1S/C9H5F3N2O2S/c1-4(15)5-2-3-6(17-5)7-13-8(16-14-7)9(10,11)12/h2-3H,1H3. The lowest BCUT2D eigenvalue weighted by Crippen LogP contribution is -2.04. The number of hydrogen-bond acceptors (Lipinski definition) is 5. The smallest absolute Gasteiger partial charge is 0.329 e. The van der Waals surface area contributed by atoms with Crippen molar-refractivity contribution in [1.82, 2.24) is 10.1 Å². The highest BCUT2D eigenvalue weighted by Gasteiger charge is 2.38. The summed E-state index contributed by atoms with van der Waals surface area (Å²) in [5.41, 5.74) is 0. The summed E-state index contributed by atoms with van der Waals surface area (Å²) >= 11 is 1.02. The minimum atomic E-state index is -4.66. The normalized spacial score (nSPS) is 11.8. The van der Waals surface area contributed by atoms with E-state index in [4.69, 9.17) is 0 Å². The first-order valence-electron chi connectivity index (χ1n) is 4.40. The third-order valence-electron chi connectivity index (χ3n) is 1.84. The second-order valence-electron chi connectivity index (χ2n) is 3.14. The van der Waals surface area contributed by atoms with Crippen molar-refractivity contribution in [2.75, 3.05) is 0 Å². The molecular formula is C9H5F3N2O2S. The van der Waals surface area contributed by atoms with E-state index < -0.39 is 12.1 Å². The molecule has 17 heavy (non-hydrogen) atoms. The molecule has 4 nitrogen and oxygen atoms in total. The lowest BCUT2D eigenvalue weighted by Gasteiger charge is -1.95. The highest BCUT2D eigenvalue weighted by atomic mass is 32.1. The van der Waals surface area contributed by atoms with Gasteiger partial charge in [-0.2, -0.15) is 18.2 Å². The van der Waals surface area contributed by atoms with Gasteiger partial charge in [0.25, 0.3) is 0 Å². The molecule has 2 aromatic heterocycles. The van der Waals surface area contributed by atoms with Crippen LogP contribution in [-0.4, -0.2) is 15.9 Å². The number of nitrogens with zero attached hydrogens (tertiary/aromatic N) is 2. The van der Waals surface area contributed by atoms with Gasteiger partial charge in [0, 0.05) is 0 Å². The van der Waals surface area contributed by atoms with Crippen LogP contribution < -0.4 is 0 Å². The molecule has 0 N–H and O–H groups in total. The predicted octanol–water partition coefficient (Wildman–Crippen LogP) is 3.02. The van der Waals surface area contributed by atoms with E-state index in [0.29, 0.717) is 9.75 Å². The van der Waals surface area contributed by atoms with Crippen LogP contribution in [0, 0.1) is 0 Å². The highest BCUT2D eigenvalue weighted by molar-refractivity contribution is 7.17. The molecule has 0 saturated carbocycles. The molecule has 0 fully saturated rings. The van der Waals surface area contributed by atoms with Crippen molar-refractivity contribution in [3.8, 4) is 10.7 Å². The van der Waals surface area contributed by atoms with Crippen molar-refractivity contribution in [2.24, 2.45) is 0 Å². The third-order valence-corrected chi connectivity index (χ3v) is 3.02. The van der Waals surface area contributed by atoms with Crippen molar-refractivity contribution in [3.63, 3.8) is 0 Å². The van der Waals surface area contributed by atoms with Gasteiger partial charge in [0.05, 0.1) is 9.75 Å². The molecule has 0 aromatic carbocycles. The number of carbonyl (C=O) groups excluding carboxylic acids is 1. The maximum atomic E-state index is 12.2. The Morgan fingerprint density at radius 1 is 1.41 bits per heavy atom. The van der Waals surface area contributed by atoms with Crippen molar-refractivity contribution >= 4 is 17.1 Å². The largest absolute Gasteiger partial charge is 0.471 e. The molecule has 0 aliphatic heterocycles. The number of ketones is 1. The van der Waals surface area contributed by atoms with E-state index in [1.807, 2.05) is 0 Å². The van der Waals surface area contributed by atoms with Gasteiger partial charge in [-0.25, -0.2) is 0 Å². The second kappa shape index (κ2) is 3.95. The fourth-order valence-corrected chi connectivity index (χ4v) is 1.91. The molecule has 90 valence electrons. The number of alkyl halides is 3. The molecule has 0 saturated heterocycles. The summed E-state index contributed by atoms with van der Waals surface area (Å²) in [5, 5.41) is 3.22. The van der Waals surface area contributed by atoms with Crippen LogP contribution in [0.2, 0.25) is 0 Å². The first-order chi connectivity index (χ1) is 7.88. The zero-order valence-corrected chi connectivity index (χ0v) is 9.22. The van der Waals surface area contributed by atoms with Gasteiger partial charge in [-0.3, -0.25) is 4.79 Å². The van der Waals surface area contributed by atoms with Crippen LogP contribution in [0.4, 0.5) is 13.2 Å². The zero-order chi connectivity index (χ0) is 12.6. The second-order valence-corrected chi connectivity index (χ2v) is 4.22. The van der Waals surface area contributed by atoms with E-state index in [0.717, 1.165) is 11.3 Å². The number of Topliss-reactive ketones (excluding diaryl/α,β-unsaturated/α-hetero) is 1. The average Bonchev–Trinajstić information content (AvgIpc) is 2.85. The first kappa shape index (κ1) is 11.8. The molecule has 2 rings (SSSR count). The molecule has 0 atom stereocenters. The van der Waals surface area contributed by atoms with Crippen molar-refractivity contribution < 1.29 is 22.5 Å². The number of thiophene rings is 1. The van der Waals surface area contributed by atoms with Crippen LogP contribution in [0.3, 0.4) is 0 Å². The van der Waals surface area contributed by atoms with Gasteiger partial charge in [-0.05, 0) is 19.1 Å². The summed E-state index contributed by atoms with van der Waals surface area (Å²) in [6.45, 7) is 1.37. The van der Waals surface area contributed by atoms with E-state index in [-0.39, 0.29) is 11.6 Å². The molecule has 2 heterocycles. The molecule has 2 aromatic rings. The predicted molar refractivity (Wildman–Crippen MR) is 52.6 cm³/mol. The number of carbonyl (C=O) groups is 1. The topological polar surface area (TPSA) is 56.0 Å². The lowest BCUT2D eigenvalue weighted by atomic mass is 10.3. The zero-order valence-electron chi connectivity index (χ0n) is 8.41. The van der Waals surface area contributed by atoms with Crippen molar-refractivity contribution in [3.05, 3.63) is 22.9 Å². The maximum absolute atomic E-state index is 12.2. The van der Waals surface area contributed by atoms with E-state index in [9.17, 15) is 18.0 Å². The Morgan fingerprint density at radius 2 is 2.12 bits per heavy atom. The molecule has 0 bridgehead atoms. The molecule has 0 aliphatic rings. The van der Waals surface area contributed by atoms with Gasteiger partial charge in [0.15, 0.2) is 5.78 Å². The number of halogens is 3. The SMILES string of the molecule is CC(=O)c1ccc(-c2noc(C(F)(F)F)n2)s1. The van der Waals surface area contributed by atoms with Gasteiger partial charge in [-0.15, -0.1) is 11.3 Å². The summed E-state index contributed by atoms with van der Waals surface area (Å²) in [5.74, 6) is -1.74. The van der Waals surface area contributed by atoms with Crippen LogP contribution in [-0.2, 0) is 6.18 Å². The number of hydrogen-bond donors (Lipinski definition) is 0. The van der Waals surface area contributed by atoms with E-state index in [1.54, 1.807) is 0 Å². The first-order valence-corrected chi connectivity index (χ1v) is 5.21. The molecule has 0 unspecified atom stereocenters. The van der Waals surface area contributed by atoms with Gasteiger partial charge in [0.1, 0.15) is 0 Å². The third kappa shape index (κ3) is 2.36. The Bertz CT molecular complexity index is 559. The minimum absolute atomic E-state index is 0.166. The maximum Gasteiger partial charge on any atom is 0.471 e. The lowest BCUT2D eigenvalue weighted by molar-refractivity contribution is -0.159. The van der Waals surface area contributed by atoms with Crippen molar-refractivity contribution in [1.29, 1.82) is 0 Å². The van der Waals surface area contributed by atoms with Gasteiger partial charge >= 0.3 is 12.1 Å². The fourth-order valence-electron chi connectivity index (χ4n) is 1.09. The fraction of sp³-hybridized carbons (Fsp3) is 0.222. The molecule has 0 spiro atoms. The number of rotatable bonds is 2. The molecule has 8 heteroatoms. The van der Waals surface area contributed by atoms with Crippen LogP contribution in [0.5, 0.6) is 0 Å². The molecular weight excluding hydrogens is 257 g/mol. The highest BCUT2D eigenvalue weighted by Crippen LogP contribution is 2.31. The molecule has 0 aliphatic carbocycles. The Kier molecular flexibility index (Phi) is 2.74. The summed E-state index contributed by atoms with van der Waals surface area (Å²) < 4.78 is 40.7. The van der Waals surface area contributed by atoms with Gasteiger partial charge in [0.2, 0.25) is 5.82 Å². The van der Waals surface area contributed by atoms with Crippen LogP contribution in [0.25, 0.3) is 10.7 Å². The monoisotopic (exact) mass is 262 g/mol. The molecule has 0 amide bonds. The minimum Gasteiger partial charge on any atom is -0.329 e. The van der Waals surface area contributed by atoms with Crippen molar-refractivity contribution in [2.45, 2.75) is 13.1 Å². The van der Waals surface area contributed by atoms with Gasteiger partial charge < -0.3 is 4.52 Å². The van der Waals surface area contributed by atoms with Crippen LogP contribution in [0.1, 0.15) is 22.5 Å². The Hall–Kier alpha value is -1.70. The molecule has 0 radical (unpaired) electrons. The van der Waals surface area contributed by atoms with E-state index in [1.165, 1.54) is 19.1 Å². The number of aromatic nitrogens is 2. The van der Waals surface area contributed by atoms with Gasteiger partial charge in [-0.1, -0.05) is 5.16 Å². The van der Waals surface area contributed by atoms with E-state index in [2.05, 4.69) is 14.7 Å². The summed E-state index contributed by atoms with van der Waals surface area (Å²) in [6, 6.07) is 2.98. The summed E-state index contributed by atoms with van der Waals surface area (Å²) in [6.07, 6.45) is -4.66. The van der Waals surface area contributed by atoms with Crippen LogP contribution >= 0.6 is 11.3 Å². The average molecular weight is 262 g/mol.